The van der Waals surface area contributed by atoms with E-state index < -0.39 is 23.6 Å². The zero-order chi connectivity index (χ0) is 16.8. The summed E-state index contributed by atoms with van der Waals surface area (Å²) < 4.78 is 44.4. The van der Waals surface area contributed by atoms with Crippen molar-refractivity contribution < 1.29 is 27.5 Å². The van der Waals surface area contributed by atoms with Crippen molar-refractivity contribution in [3.8, 4) is 0 Å². The molecule has 5 nitrogen and oxygen atoms in total. The minimum Gasteiger partial charge on any atom is -0.468 e. The minimum atomic E-state index is -4.63. The van der Waals surface area contributed by atoms with Crippen molar-refractivity contribution in [3.05, 3.63) is 34.9 Å². The summed E-state index contributed by atoms with van der Waals surface area (Å²) in [5, 5.41) is 3.08. The Morgan fingerprint density at radius 1 is 1.38 bits per heavy atom. The van der Waals surface area contributed by atoms with Gasteiger partial charge in [0.1, 0.15) is 6.54 Å². The summed E-state index contributed by atoms with van der Waals surface area (Å²) in [6.45, 7) is 0.539. The molecule has 2 aliphatic rings. The second-order valence-corrected chi connectivity index (χ2v) is 5.61. The Bertz CT molecular complexity index is 666. The molecule has 0 aliphatic carbocycles. The number of esters is 1. The van der Waals surface area contributed by atoms with Gasteiger partial charge in [-0.2, -0.15) is 13.2 Å². The molecule has 2 heterocycles. The third-order valence-electron chi connectivity index (χ3n) is 4.39. The molecule has 1 N–H and O–H groups in total. The Balaban J connectivity index is 0.00000208. The highest BCUT2D eigenvalue weighted by atomic mass is 35.5. The number of nitrogens with zero attached hydrogens (tertiary/aromatic N) is 1. The first-order valence-electron chi connectivity index (χ1n) is 7.13. The predicted molar refractivity (Wildman–Crippen MR) is 81.1 cm³/mol. The van der Waals surface area contributed by atoms with Crippen LogP contribution in [0.2, 0.25) is 0 Å². The summed E-state index contributed by atoms with van der Waals surface area (Å²) in [4.78, 5) is 25.4. The van der Waals surface area contributed by atoms with E-state index in [0.717, 1.165) is 6.07 Å². The fourth-order valence-electron chi connectivity index (χ4n) is 3.35. The van der Waals surface area contributed by atoms with E-state index in [-0.39, 0.29) is 36.5 Å². The largest absolute Gasteiger partial charge is 0.468 e. The van der Waals surface area contributed by atoms with E-state index in [1.807, 2.05) is 0 Å². The first-order chi connectivity index (χ1) is 10.8. The zero-order valence-corrected chi connectivity index (χ0v) is 13.5. The van der Waals surface area contributed by atoms with E-state index in [1.165, 1.54) is 18.1 Å². The van der Waals surface area contributed by atoms with E-state index in [4.69, 9.17) is 0 Å². The van der Waals surface area contributed by atoms with Gasteiger partial charge in [-0.1, -0.05) is 12.1 Å². The maximum Gasteiger partial charge on any atom is 0.417 e. The molecule has 1 aromatic carbocycles. The number of carbonyl (C=O) groups is 2. The third kappa shape index (κ3) is 2.95. The summed E-state index contributed by atoms with van der Waals surface area (Å²) in [6, 6.07) is 3.43. The smallest absolute Gasteiger partial charge is 0.417 e. The average molecular weight is 365 g/mol. The van der Waals surface area contributed by atoms with Gasteiger partial charge in [0.15, 0.2) is 0 Å². The van der Waals surface area contributed by atoms with E-state index in [0.29, 0.717) is 18.7 Å². The molecular weight excluding hydrogens is 349 g/mol. The molecule has 0 unspecified atom stereocenters. The Kier molecular flexibility index (Phi) is 5.10. The minimum absolute atomic E-state index is 0. The molecular formula is C15H16ClF3N2O3. The van der Waals surface area contributed by atoms with Crippen LogP contribution in [-0.2, 0) is 15.7 Å². The van der Waals surface area contributed by atoms with Gasteiger partial charge in [-0.25, -0.2) is 0 Å². The summed E-state index contributed by atoms with van der Waals surface area (Å²) in [6.07, 6.45) is -4.63. The van der Waals surface area contributed by atoms with Gasteiger partial charge in [0.2, 0.25) is 0 Å². The second-order valence-electron chi connectivity index (χ2n) is 5.61. The molecule has 9 heteroatoms. The number of alkyl halides is 3. The number of fused-ring (bicyclic) bond motifs is 3. The van der Waals surface area contributed by atoms with Crippen LogP contribution in [0.15, 0.2) is 18.2 Å². The molecule has 1 fully saturated rings. The predicted octanol–water partition coefficient (Wildman–Crippen LogP) is 1.81. The fourth-order valence-corrected chi connectivity index (χ4v) is 3.35. The van der Waals surface area contributed by atoms with Gasteiger partial charge < -0.3 is 15.0 Å². The number of nitrogens with one attached hydrogen (secondary N) is 1. The third-order valence-corrected chi connectivity index (χ3v) is 4.39. The SMILES string of the molecule is COC(=O)CN1C(=O)c2c(cccc2C(F)(F)F)[C@H]2CNC[C@@H]21.Cl. The number of benzene rings is 1. The topological polar surface area (TPSA) is 58.6 Å². The van der Waals surface area contributed by atoms with Crippen molar-refractivity contribution in [2.24, 2.45) is 0 Å². The Labute approximate surface area is 142 Å². The van der Waals surface area contributed by atoms with Gasteiger partial charge in [-0.3, -0.25) is 9.59 Å². The molecule has 0 bridgehead atoms. The van der Waals surface area contributed by atoms with Crippen LogP contribution in [0.4, 0.5) is 13.2 Å². The summed E-state index contributed by atoms with van der Waals surface area (Å²) in [5.41, 5.74) is -0.921. The van der Waals surface area contributed by atoms with Gasteiger partial charge >= 0.3 is 12.1 Å². The van der Waals surface area contributed by atoms with Crippen LogP contribution in [-0.4, -0.2) is 49.6 Å². The normalized spacial score (nSPS) is 22.5. The van der Waals surface area contributed by atoms with Gasteiger partial charge in [0.25, 0.3) is 5.91 Å². The fraction of sp³-hybridized carbons (Fsp3) is 0.467. The van der Waals surface area contributed by atoms with E-state index in [2.05, 4.69) is 10.1 Å². The molecule has 2 atom stereocenters. The Morgan fingerprint density at radius 2 is 2.08 bits per heavy atom. The lowest BCUT2D eigenvalue weighted by molar-refractivity contribution is -0.141. The maximum absolute atomic E-state index is 13.3. The van der Waals surface area contributed by atoms with Crippen molar-refractivity contribution in [3.63, 3.8) is 0 Å². The Hall–Kier alpha value is -1.80. The second kappa shape index (κ2) is 6.60. The zero-order valence-electron chi connectivity index (χ0n) is 12.7. The van der Waals surface area contributed by atoms with E-state index >= 15 is 0 Å². The number of halogens is 4. The molecule has 0 radical (unpaired) electrons. The highest BCUT2D eigenvalue weighted by Crippen LogP contribution is 2.41. The first-order valence-corrected chi connectivity index (χ1v) is 7.13. The molecule has 0 spiro atoms. The van der Waals surface area contributed by atoms with E-state index in [9.17, 15) is 22.8 Å². The van der Waals surface area contributed by atoms with Gasteiger partial charge in [-0.05, 0) is 11.6 Å². The molecule has 0 saturated carbocycles. The molecule has 2 aliphatic heterocycles. The Morgan fingerprint density at radius 3 is 2.71 bits per heavy atom. The van der Waals surface area contributed by atoms with Crippen molar-refractivity contribution >= 4 is 24.3 Å². The number of methoxy groups -OCH3 is 1. The van der Waals surface area contributed by atoms with E-state index in [1.54, 1.807) is 6.07 Å². The quantitative estimate of drug-likeness (QED) is 0.813. The summed E-state index contributed by atoms with van der Waals surface area (Å²) in [5.74, 6) is -1.70. The number of ether oxygens (including phenoxy) is 1. The van der Waals surface area contributed by atoms with Crippen molar-refractivity contribution in [2.75, 3.05) is 26.7 Å². The molecule has 3 rings (SSSR count). The van der Waals surface area contributed by atoms with Crippen LogP contribution in [0.5, 0.6) is 0 Å². The van der Waals surface area contributed by atoms with Crippen LogP contribution in [0.3, 0.4) is 0 Å². The summed E-state index contributed by atoms with van der Waals surface area (Å²) in [7, 11) is 1.18. The van der Waals surface area contributed by atoms with Crippen LogP contribution < -0.4 is 5.32 Å². The molecule has 24 heavy (non-hydrogen) atoms. The van der Waals surface area contributed by atoms with Gasteiger partial charge in [0, 0.05) is 19.0 Å². The lowest BCUT2D eigenvalue weighted by Crippen LogP contribution is -2.51. The van der Waals surface area contributed by atoms with Gasteiger partial charge in [-0.15, -0.1) is 12.4 Å². The van der Waals surface area contributed by atoms with Crippen LogP contribution in [0.25, 0.3) is 0 Å². The van der Waals surface area contributed by atoms with Crippen molar-refractivity contribution in [1.82, 2.24) is 10.2 Å². The van der Waals surface area contributed by atoms with Crippen LogP contribution >= 0.6 is 12.4 Å². The highest BCUT2D eigenvalue weighted by molar-refractivity contribution is 6.00. The van der Waals surface area contributed by atoms with Crippen molar-refractivity contribution in [2.45, 2.75) is 18.1 Å². The molecule has 0 aromatic heterocycles. The monoisotopic (exact) mass is 364 g/mol. The molecule has 1 amide bonds. The number of hydrogen-bond acceptors (Lipinski definition) is 4. The number of carbonyl (C=O) groups excluding carboxylic acids is 2. The molecule has 1 saturated heterocycles. The number of hydrogen-bond donors (Lipinski definition) is 1. The van der Waals surface area contributed by atoms with Gasteiger partial charge in [0.05, 0.1) is 24.3 Å². The maximum atomic E-state index is 13.3. The average Bonchev–Trinajstić information content (AvgIpc) is 2.99. The summed E-state index contributed by atoms with van der Waals surface area (Å²) >= 11 is 0. The number of amides is 1. The van der Waals surface area contributed by atoms with Crippen LogP contribution in [0, 0.1) is 0 Å². The molecule has 132 valence electrons. The van der Waals surface area contributed by atoms with Crippen molar-refractivity contribution in [1.29, 1.82) is 0 Å². The van der Waals surface area contributed by atoms with Crippen LogP contribution in [0.1, 0.15) is 27.4 Å². The highest BCUT2D eigenvalue weighted by Gasteiger charge is 2.47. The lowest BCUT2D eigenvalue weighted by Gasteiger charge is -2.38. The standard InChI is InChI=1S/C15H15F3N2O3.ClH/c1-23-12(21)7-20-11-6-19-5-9(11)8-3-2-4-10(15(16,17)18)13(8)14(20)22;/h2-4,9,11,19H,5-7H2,1H3;1H/t9-,11+;/m1./s1. The lowest BCUT2D eigenvalue weighted by atomic mass is 9.82. The first kappa shape index (κ1) is 18.5. The molecule has 1 aromatic rings. The number of rotatable bonds is 2.